The van der Waals surface area contributed by atoms with E-state index < -0.39 is 0 Å². The zero-order valence-corrected chi connectivity index (χ0v) is 12.8. The Morgan fingerprint density at radius 2 is 1.90 bits per heavy atom. The summed E-state index contributed by atoms with van der Waals surface area (Å²) in [6.45, 7) is 4.74. The third-order valence-corrected chi connectivity index (χ3v) is 3.43. The van der Waals surface area contributed by atoms with Gasteiger partial charge in [0.25, 0.3) is 0 Å². The van der Waals surface area contributed by atoms with Gasteiger partial charge >= 0.3 is 5.97 Å². The molecule has 0 atom stereocenters. The Labute approximate surface area is 125 Å². The SMILES string of the molecule is CCc1nc(CC)n(Cc2ccccc2CC(=O)OC)n1. The van der Waals surface area contributed by atoms with E-state index in [0.717, 1.165) is 35.6 Å². The van der Waals surface area contributed by atoms with Crippen molar-refractivity contribution in [2.24, 2.45) is 0 Å². The first-order chi connectivity index (χ1) is 10.2. The van der Waals surface area contributed by atoms with E-state index in [1.54, 1.807) is 0 Å². The molecule has 0 aliphatic carbocycles. The third kappa shape index (κ3) is 3.68. The number of ether oxygens (including phenoxy) is 1. The highest BCUT2D eigenvalue weighted by Gasteiger charge is 2.12. The number of esters is 1. The zero-order valence-electron chi connectivity index (χ0n) is 12.8. The summed E-state index contributed by atoms with van der Waals surface area (Å²) in [5.74, 6) is 1.60. The third-order valence-electron chi connectivity index (χ3n) is 3.43. The monoisotopic (exact) mass is 287 g/mol. The molecule has 0 saturated heterocycles. The minimum absolute atomic E-state index is 0.231. The molecule has 0 radical (unpaired) electrons. The van der Waals surface area contributed by atoms with Gasteiger partial charge in [0.1, 0.15) is 5.82 Å². The van der Waals surface area contributed by atoms with Crippen LogP contribution in [-0.2, 0) is 35.3 Å². The minimum atomic E-state index is -0.231. The molecule has 21 heavy (non-hydrogen) atoms. The molecule has 0 aliphatic rings. The lowest BCUT2D eigenvalue weighted by Crippen LogP contribution is -2.11. The molecular formula is C16H21N3O2. The van der Waals surface area contributed by atoms with Crippen molar-refractivity contribution in [3.8, 4) is 0 Å². The Bertz CT molecular complexity index is 620. The Balaban J connectivity index is 2.27. The minimum Gasteiger partial charge on any atom is -0.469 e. The van der Waals surface area contributed by atoms with Gasteiger partial charge in [-0.2, -0.15) is 5.10 Å². The molecular weight excluding hydrogens is 266 g/mol. The Hall–Kier alpha value is -2.17. The number of rotatable bonds is 6. The molecule has 5 heteroatoms. The Morgan fingerprint density at radius 1 is 1.19 bits per heavy atom. The van der Waals surface area contributed by atoms with E-state index in [2.05, 4.69) is 17.0 Å². The average Bonchev–Trinajstić information content (AvgIpc) is 2.91. The molecule has 1 aromatic heterocycles. The summed E-state index contributed by atoms with van der Waals surface area (Å²) in [6.07, 6.45) is 1.94. The van der Waals surface area contributed by atoms with Gasteiger partial charge in [-0.25, -0.2) is 9.67 Å². The smallest absolute Gasteiger partial charge is 0.309 e. The molecule has 1 heterocycles. The molecule has 2 rings (SSSR count). The van der Waals surface area contributed by atoms with E-state index in [0.29, 0.717) is 6.54 Å². The number of carbonyl (C=O) groups is 1. The van der Waals surface area contributed by atoms with Crippen molar-refractivity contribution in [1.82, 2.24) is 14.8 Å². The van der Waals surface area contributed by atoms with Crippen LogP contribution in [0.5, 0.6) is 0 Å². The molecule has 0 bridgehead atoms. The molecule has 112 valence electrons. The first-order valence-electron chi connectivity index (χ1n) is 7.24. The second-order valence-electron chi connectivity index (χ2n) is 4.83. The molecule has 0 unspecified atom stereocenters. The normalized spacial score (nSPS) is 10.6. The lowest BCUT2D eigenvalue weighted by Gasteiger charge is -2.10. The van der Waals surface area contributed by atoms with Gasteiger partial charge in [-0.05, 0) is 11.1 Å². The van der Waals surface area contributed by atoms with Crippen molar-refractivity contribution < 1.29 is 9.53 Å². The van der Waals surface area contributed by atoms with Crippen LogP contribution in [-0.4, -0.2) is 27.8 Å². The van der Waals surface area contributed by atoms with Crippen LogP contribution in [0.1, 0.15) is 36.6 Å². The summed E-state index contributed by atoms with van der Waals surface area (Å²) < 4.78 is 6.68. The van der Waals surface area contributed by atoms with Crippen molar-refractivity contribution in [2.75, 3.05) is 7.11 Å². The van der Waals surface area contributed by atoms with E-state index in [1.807, 2.05) is 35.9 Å². The number of aryl methyl sites for hydroxylation is 2. The summed E-state index contributed by atoms with van der Waals surface area (Å²) in [4.78, 5) is 16.0. The molecule has 2 aromatic rings. The van der Waals surface area contributed by atoms with Crippen LogP contribution in [0.4, 0.5) is 0 Å². The van der Waals surface area contributed by atoms with Crippen LogP contribution >= 0.6 is 0 Å². The highest BCUT2D eigenvalue weighted by molar-refractivity contribution is 5.72. The van der Waals surface area contributed by atoms with Crippen LogP contribution in [0.25, 0.3) is 0 Å². The molecule has 0 fully saturated rings. The van der Waals surface area contributed by atoms with Gasteiger partial charge in [-0.1, -0.05) is 38.1 Å². The van der Waals surface area contributed by atoms with Crippen LogP contribution in [0, 0.1) is 0 Å². The summed E-state index contributed by atoms with van der Waals surface area (Å²) in [5.41, 5.74) is 2.05. The Kier molecular flexibility index (Phi) is 5.09. The maximum Gasteiger partial charge on any atom is 0.309 e. The lowest BCUT2D eigenvalue weighted by atomic mass is 10.0. The number of nitrogens with zero attached hydrogens (tertiary/aromatic N) is 3. The van der Waals surface area contributed by atoms with E-state index in [-0.39, 0.29) is 12.4 Å². The van der Waals surface area contributed by atoms with E-state index >= 15 is 0 Å². The van der Waals surface area contributed by atoms with Gasteiger partial charge in [0, 0.05) is 12.8 Å². The van der Waals surface area contributed by atoms with Gasteiger partial charge in [-0.3, -0.25) is 4.79 Å². The number of hydrogen-bond donors (Lipinski definition) is 0. The Morgan fingerprint density at radius 3 is 2.52 bits per heavy atom. The second-order valence-corrected chi connectivity index (χ2v) is 4.83. The fourth-order valence-electron chi connectivity index (χ4n) is 2.24. The van der Waals surface area contributed by atoms with Crippen LogP contribution < -0.4 is 0 Å². The van der Waals surface area contributed by atoms with Crippen molar-refractivity contribution in [2.45, 2.75) is 39.7 Å². The lowest BCUT2D eigenvalue weighted by molar-refractivity contribution is -0.139. The summed E-state index contributed by atoms with van der Waals surface area (Å²) in [7, 11) is 1.41. The number of benzene rings is 1. The quantitative estimate of drug-likeness (QED) is 0.764. The number of methoxy groups -OCH3 is 1. The highest BCUT2D eigenvalue weighted by Crippen LogP contribution is 2.13. The molecule has 0 aliphatic heterocycles. The predicted octanol–water partition coefficient (Wildman–Crippen LogP) is 2.17. The van der Waals surface area contributed by atoms with Gasteiger partial charge < -0.3 is 4.74 Å². The zero-order chi connectivity index (χ0) is 15.2. The number of aromatic nitrogens is 3. The summed E-state index contributed by atoms with van der Waals surface area (Å²) in [5, 5.41) is 4.52. The first-order valence-corrected chi connectivity index (χ1v) is 7.24. The molecule has 1 aromatic carbocycles. The summed E-state index contributed by atoms with van der Waals surface area (Å²) >= 11 is 0. The van der Waals surface area contributed by atoms with E-state index in [9.17, 15) is 4.79 Å². The second kappa shape index (κ2) is 7.02. The van der Waals surface area contributed by atoms with E-state index in [4.69, 9.17) is 4.74 Å². The van der Waals surface area contributed by atoms with Crippen LogP contribution in [0.15, 0.2) is 24.3 Å². The first kappa shape index (κ1) is 15.2. The predicted molar refractivity (Wildman–Crippen MR) is 80.0 cm³/mol. The molecule has 0 spiro atoms. The fourth-order valence-corrected chi connectivity index (χ4v) is 2.24. The van der Waals surface area contributed by atoms with Gasteiger partial charge in [0.2, 0.25) is 0 Å². The molecule has 5 nitrogen and oxygen atoms in total. The average molecular weight is 287 g/mol. The van der Waals surface area contributed by atoms with Gasteiger partial charge in [-0.15, -0.1) is 0 Å². The molecule has 0 N–H and O–H groups in total. The van der Waals surface area contributed by atoms with Gasteiger partial charge in [0.15, 0.2) is 5.82 Å². The number of carbonyl (C=O) groups excluding carboxylic acids is 1. The standard InChI is InChI=1S/C16H21N3O2/c1-4-14-17-15(5-2)19(18-14)11-13-9-7-6-8-12(13)10-16(20)21-3/h6-9H,4-5,10-11H2,1-3H3. The van der Waals surface area contributed by atoms with Crippen molar-refractivity contribution >= 4 is 5.97 Å². The van der Waals surface area contributed by atoms with E-state index in [1.165, 1.54) is 7.11 Å². The number of hydrogen-bond acceptors (Lipinski definition) is 4. The van der Waals surface area contributed by atoms with Crippen molar-refractivity contribution in [3.63, 3.8) is 0 Å². The van der Waals surface area contributed by atoms with Crippen molar-refractivity contribution in [1.29, 1.82) is 0 Å². The van der Waals surface area contributed by atoms with Gasteiger partial charge in [0.05, 0.1) is 20.1 Å². The van der Waals surface area contributed by atoms with Crippen LogP contribution in [0.3, 0.4) is 0 Å². The molecule has 0 saturated carbocycles. The molecule has 0 amide bonds. The highest BCUT2D eigenvalue weighted by atomic mass is 16.5. The maximum atomic E-state index is 11.5. The topological polar surface area (TPSA) is 57.0 Å². The summed E-state index contributed by atoms with van der Waals surface area (Å²) in [6, 6.07) is 7.88. The largest absolute Gasteiger partial charge is 0.469 e. The maximum absolute atomic E-state index is 11.5. The van der Waals surface area contributed by atoms with Crippen molar-refractivity contribution in [3.05, 3.63) is 47.0 Å². The van der Waals surface area contributed by atoms with Crippen LogP contribution in [0.2, 0.25) is 0 Å². The fraction of sp³-hybridized carbons (Fsp3) is 0.438.